The molecule has 0 aliphatic rings. The van der Waals surface area contributed by atoms with Gasteiger partial charge in [-0.1, -0.05) is 60.7 Å². The summed E-state index contributed by atoms with van der Waals surface area (Å²) >= 11 is 0. The molecule has 2 rings (SSSR count). The standard InChI is InChI=1S/2C7H6O2.Ni/c2*8-7(9)6-4-2-1-3-5-6;/h2*1-5H,(H,8,9);/q;;+2/p-2. The minimum atomic E-state index is -1.13. The van der Waals surface area contributed by atoms with Crippen LogP contribution >= 0.6 is 0 Å². The van der Waals surface area contributed by atoms with Gasteiger partial charge in [0.2, 0.25) is 0 Å². The minimum Gasteiger partial charge on any atom is -0.545 e. The number of hydrogen-bond acceptors (Lipinski definition) is 4. The van der Waals surface area contributed by atoms with Crippen molar-refractivity contribution in [2.24, 2.45) is 0 Å². The van der Waals surface area contributed by atoms with E-state index in [4.69, 9.17) is 0 Å². The Balaban J connectivity index is 0.000000324. The molecule has 0 aliphatic heterocycles. The van der Waals surface area contributed by atoms with Gasteiger partial charge in [0.25, 0.3) is 0 Å². The molecule has 0 N–H and O–H groups in total. The van der Waals surface area contributed by atoms with E-state index in [1.165, 1.54) is 24.3 Å². The molecule has 0 unspecified atom stereocenters. The topological polar surface area (TPSA) is 80.3 Å². The Hall–Kier alpha value is -2.13. The third-order valence-electron chi connectivity index (χ3n) is 2.02. The van der Waals surface area contributed by atoms with Crippen molar-refractivity contribution in [3.8, 4) is 0 Å². The fourth-order valence-corrected chi connectivity index (χ4v) is 1.15. The van der Waals surface area contributed by atoms with Crippen LogP contribution in [0.3, 0.4) is 0 Å². The maximum atomic E-state index is 10.1. The van der Waals surface area contributed by atoms with Crippen molar-refractivity contribution in [1.29, 1.82) is 0 Å². The maximum Gasteiger partial charge on any atom is 2.00 e. The Labute approximate surface area is 120 Å². The number of carbonyl (C=O) groups is 2. The number of carbonyl (C=O) groups excluding carboxylic acids is 2. The van der Waals surface area contributed by atoms with Gasteiger partial charge < -0.3 is 19.8 Å². The van der Waals surface area contributed by atoms with Gasteiger partial charge in [-0.2, -0.15) is 0 Å². The van der Waals surface area contributed by atoms with Gasteiger partial charge in [0.1, 0.15) is 0 Å². The molecule has 0 radical (unpaired) electrons. The van der Waals surface area contributed by atoms with Crippen molar-refractivity contribution in [2.75, 3.05) is 0 Å². The Bertz CT molecular complexity index is 462. The van der Waals surface area contributed by atoms with Crippen LogP contribution in [0.4, 0.5) is 0 Å². The zero-order chi connectivity index (χ0) is 13.4. The zero-order valence-corrected chi connectivity index (χ0v) is 10.7. The van der Waals surface area contributed by atoms with Crippen LogP contribution in [-0.4, -0.2) is 11.9 Å². The molecular formula is C14H10NiO4. The number of benzene rings is 2. The van der Waals surface area contributed by atoms with Crippen LogP contribution in [0.25, 0.3) is 0 Å². The molecule has 4 nitrogen and oxygen atoms in total. The fourth-order valence-electron chi connectivity index (χ4n) is 1.15. The van der Waals surface area contributed by atoms with Crippen molar-refractivity contribution in [3.63, 3.8) is 0 Å². The first-order valence-electron chi connectivity index (χ1n) is 5.14. The third kappa shape index (κ3) is 6.39. The van der Waals surface area contributed by atoms with Gasteiger partial charge in [-0.25, -0.2) is 0 Å². The van der Waals surface area contributed by atoms with Crippen LogP contribution in [0.2, 0.25) is 0 Å². The first kappa shape index (κ1) is 16.9. The van der Waals surface area contributed by atoms with E-state index in [2.05, 4.69) is 0 Å². The van der Waals surface area contributed by atoms with E-state index in [9.17, 15) is 19.8 Å². The van der Waals surface area contributed by atoms with Crippen molar-refractivity contribution in [1.82, 2.24) is 0 Å². The van der Waals surface area contributed by atoms with Gasteiger partial charge >= 0.3 is 16.5 Å². The van der Waals surface area contributed by atoms with Gasteiger partial charge in [0, 0.05) is 0 Å². The van der Waals surface area contributed by atoms with Crippen LogP contribution < -0.4 is 10.2 Å². The van der Waals surface area contributed by atoms with E-state index in [1.807, 2.05) is 0 Å². The van der Waals surface area contributed by atoms with Gasteiger partial charge in [0.15, 0.2) is 0 Å². The normalized spacial score (nSPS) is 8.42. The van der Waals surface area contributed by atoms with Crippen molar-refractivity contribution in [2.45, 2.75) is 0 Å². The summed E-state index contributed by atoms with van der Waals surface area (Å²) in [6.45, 7) is 0. The van der Waals surface area contributed by atoms with Gasteiger partial charge in [-0.3, -0.25) is 0 Å². The zero-order valence-electron chi connectivity index (χ0n) is 9.72. The average Bonchev–Trinajstić information content (AvgIpc) is 2.41. The number of rotatable bonds is 2. The third-order valence-corrected chi connectivity index (χ3v) is 2.02. The molecule has 100 valence electrons. The first-order valence-corrected chi connectivity index (χ1v) is 5.14. The molecule has 0 aliphatic carbocycles. The van der Waals surface area contributed by atoms with Gasteiger partial charge in [0.05, 0.1) is 11.9 Å². The van der Waals surface area contributed by atoms with Crippen molar-refractivity contribution in [3.05, 3.63) is 71.8 Å². The van der Waals surface area contributed by atoms with E-state index in [0.717, 1.165) is 0 Å². The molecule has 2 aromatic carbocycles. The smallest absolute Gasteiger partial charge is 0.545 e. The Morgan fingerprint density at radius 3 is 1.05 bits per heavy atom. The summed E-state index contributed by atoms with van der Waals surface area (Å²) in [4.78, 5) is 20.2. The number of carboxylic acids is 2. The van der Waals surface area contributed by atoms with Crippen LogP contribution in [0.15, 0.2) is 60.7 Å². The molecule has 0 bridgehead atoms. The van der Waals surface area contributed by atoms with Crippen LogP contribution in [0.1, 0.15) is 20.7 Å². The molecule has 2 aromatic rings. The monoisotopic (exact) mass is 300 g/mol. The Kier molecular flexibility index (Phi) is 7.90. The van der Waals surface area contributed by atoms with Crippen LogP contribution in [0.5, 0.6) is 0 Å². The van der Waals surface area contributed by atoms with Gasteiger partial charge in [-0.05, 0) is 11.1 Å². The number of carboxylic acid groups (broad SMARTS) is 2. The molecule has 0 amide bonds. The maximum absolute atomic E-state index is 10.1. The average molecular weight is 301 g/mol. The van der Waals surface area contributed by atoms with E-state index in [-0.39, 0.29) is 27.6 Å². The summed E-state index contributed by atoms with van der Waals surface area (Å²) in [7, 11) is 0. The summed E-state index contributed by atoms with van der Waals surface area (Å²) in [6.07, 6.45) is 0. The molecule has 0 atom stereocenters. The summed E-state index contributed by atoms with van der Waals surface area (Å²) in [5.41, 5.74) is 0.440. The van der Waals surface area contributed by atoms with E-state index >= 15 is 0 Å². The molecule has 0 saturated heterocycles. The van der Waals surface area contributed by atoms with E-state index in [0.29, 0.717) is 0 Å². The van der Waals surface area contributed by atoms with E-state index < -0.39 is 11.9 Å². The predicted molar refractivity (Wildman–Crippen MR) is 61.5 cm³/mol. The number of hydrogen-bond donors (Lipinski definition) is 0. The van der Waals surface area contributed by atoms with Gasteiger partial charge in [-0.15, -0.1) is 0 Å². The van der Waals surface area contributed by atoms with Crippen LogP contribution in [-0.2, 0) is 16.5 Å². The Morgan fingerprint density at radius 1 is 0.632 bits per heavy atom. The second-order valence-corrected chi connectivity index (χ2v) is 3.31. The predicted octanol–water partition coefficient (Wildman–Crippen LogP) is 0.0977. The SMILES string of the molecule is O=C([O-])c1ccccc1.O=C([O-])c1ccccc1.[Ni+2]. The molecule has 0 fully saturated rings. The largest absolute Gasteiger partial charge is 2.00 e. The number of aromatic carboxylic acids is 2. The minimum absolute atomic E-state index is 0. The van der Waals surface area contributed by atoms with Crippen molar-refractivity contribution < 1.29 is 36.3 Å². The summed E-state index contributed by atoms with van der Waals surface area (Å²) in [5.74, 6) is -2.26. The fraction of sp³-hybridized carbons (Fsp3) is 0. The molecule has 5 heteroatoms. The molecule has 0 aromatic heterocycles. The Morgan fingerprint density at radius 2 is 0.895 bits per heavy atom. The summed E-state index contributed by atoms with van der Waals surface area (Å²) in [6, 6.07) is 16.1. The van der Waals surface area contributed by atoms with Crippen molar-refractivity contribution >= 4 is 11.9 Å². The molecule has 0 heterocycles. The molecule has 0 saturated carbocycles. The quantitative estimate of drug-likeness (QED) is 0.737. The van der Waals surface area contributed by atoms with E-state index in [1.54, 1.807) is 36.4 Å². The molecular weight excluding hydrogens is 291 g/mol. The second kappa shape index (κ2) is 8.89. The summed E-state index contributed by atoms with van der Waals surface area (Å²) < 4.78 is 0. The van der Waals surface area contributed by atoms with Crippen LogP contribution in [0, 0.1) is 0 Å². The second-order valence-electron chi connectivity index (χ2n) is 3.31. The molecule has 19 heavy (non-hydrogen) atoms. The first-order chi connectivity index (χ1) is 8.61. The summed E-state index contributed by atoms with van der Waals surface area (Å²) in [5, 5.41) is 20.2. The molecule has 0 spiro atoms.